The van der Waals surface area contributed by atoms with Crippen LogP contribution in [0.15, 0.2) is 15.7 Å². The van der Waals surface area contributed by atoms with Crippen LogP contribution in [0.2, 0.25) is 0 Å². The number of hydrogen-bond donors (Lipinski definition) is 1. The predicted octanol–water partition coefficient (Wildman–Crippen LogP) is -1.47. The van der Waals surface area contributed by atoms with Gasteiger partial charge in [0.2, 0.25) is 0 Å². The van der Waals surface area contributed by atoms with Gasteiger partial charge in [-0.1, -0.05) is 0 Å². The molecule has 2 heterocycles. The van der Waals surface area contributed by atoms with Gasteiger partial charge in [0, 0.05) is 45.8 Å². The molecule has 0 saturated carbocycles. The number of morpholine rings is 1. The van der Waals surface area contributed by atoms with E-state index in [1.165, 1.54) is 24.7 Å². The molecule has 22 heavy (non-hydrogen) atoms. The number of carbonyl (C=O) groups excluding carboxylic acids is 1. The predicted molar refractivity (Wildman–Crippen MR) is 81.1 cm³/mol. The van der Waals surface area contributed by atoms with Crippen molar-refractivity contribution in [2.45, 2.75) is 13.0 Å². The van der Waals surface area contributed by atoms with Crippen LogP contribution in [-0.4, -0.2) is 58.8 Å². The molecule has 0 aliphatic carbocycles. The van der Waals surface area contributed by atoms with E-state index in [1.54, 1.807) is 0 Å². The summed E-state index contributed by atoms with van der Waals surface area (Å²) in [7, 11) is 2.86. The zero-order valence-corrected chi connectivity index (χ0v) is 13.2. The minimum Gasteiger partial charge on any atom is -0.379 e. The van der Waals surface area contributed by atoms with Gasteiger partial charge >= 0.3 is 5.69 Å². The summed E-state index contributed by atoms with van der Waals surface area (Å²) in [5, 5.41) is 2.83. The summed E-state index contributed by atoms with van der Waals surface area (Å²) in [4.78, 5) is 38.0. The quantitative estimate of drug-likeness (QED) is 0.734. The monoisotopic (exact) mass is 310 g/mol. The first-order chi connectivity index (χ1) is 10.4. The molecule has 0 aromatic carbocycles. The molecule has 1 aliphatic heterocycles. The summed E-state index contributed by atoms with van der Waals surface area (Å²) < 4.78 is 7.43. The Kier molecular flexibility index (Phi) is 5.15. The molecule has 0 unspecified atom stereocenters. The molecule has 1 fully saturated rings. The van der Waals surface area contributed by atoms with E-state index >= 15 is 0 Å². The van der Waals surface area contributed by atoms with Gasteiger partial charge in [-0.2, -0.15) is 0 Å². The average Bonchev–Trinajstić information content (AvgIpc) is 2.49. The summed E-state index contributed by atoms with van der Waals surface area (Å²) in [5.41, 5.74) is -0.936. The molecule has 1 aliphatic rings. The number of hydrogen-bond acceptors (Lipinski definition) is 5. The van der Waals surface area contributed by atoms with Crippen molar-refractivity contribution in [2.75, 3.05) is 32.8 Å². The Balaban J connectivity index is 2.06. The van der Waals surface area contributed by atoms with Crippen LogP contribution in [0.25, 0.3) is 0 Å². The highest BCUT2D eigenvalue weighted by Crippen LogP contribution is 1.99. The summed E-state index contributed by atoms with van der Waals surface area (Å²) in [5.74, 6) is -0.418. The number of aromatic nitrogens is 2. The molecule has 1 amide bonds. The largest absolute Gasteiger partial charge is 0.379 e. The Labute approximate surface area is 128 Å². The lowest BCUT2D eigenvalue weighted by atomic mass is 10.2. The second-order valence-electron chi connectivity index (χ2n) is 5.56. The first-order valence-electron chi connectivity index (χ1n) is 7.28. The van der Waals surface area contributed by atoms with Crippen LogP contribution in [0.5, 0.6) is 0 Å². The summed E-state index contributed by atoms with van der Waals surface area (Å²) in [6, 6.07) is 1.09. The Morgan fingerprint density at radius 2 is 1.91 bits per heavy atom. The van der Waals surface area contributed by atoms with Crippen LogP contribution >= 0.6 is 0 Å². The molecule has 1 atom stereocenters. The lowest BCUT2D eigenvalue weighted by Gasteiger charge is -2.29. The highest BCUT2D eigenvalue weighted by molar-refractivity contribution is 5.92. The van der Waals surface area contributed by atoms with Crippen molar-refractivity contribution in [1.82, 2.24) is 19.4 Å². The Morgan fingerprint density at radius 1 is 1.27 bits per heavy atom. The molecule has 8 heteroatoms. The van der Waals surface area contributed by atoms with Gasteiger partial charge in [-0.3, -0.25) is 23.6 Å². The van der Waals surface area contributed by atoms with Crippen LogP contribution in [-0.2, 0) is 18.8 Å². The molecule has 0 radical (unpaired) electrons. The standard InChI is InChI=1S/C14H22N4O4/c1-10(9-18-4-6-22-7-5-18)15-13(20)11-8-12(19)17(3)14(21)16(11)2/h8,10H,4-7,9H2,1-3H3,(H,15,20)/t10-/m1/s1. The van der Waals surface area contributed by atoms with E-state index in [-0.39, 0.29) is 11.7 Å². The fraction of sp³-hybridized carbons (Fsp3) is 0.643. The summed E-state index contributed by atoms with van der Waals surface area (Å²) >= 11 is 0. The van der Waals surface area contributed by atoms with Crippen molar-refractivity contribution in [3.8, 4) is 0 Å². The number of rotatable bonds is 4. The first kappa shape index (κ1) is 16.4. The van der Waals surface area contributed by atoms with Crippen LogP contribution in [0, 0.1) is 0 Å². The molecular formula is C14H22N4O4. The summed E-state index contributed by atoms with van der Waals surface area (Å²) in [6.45, 7) is 5.67. The lowest BCUT2D eigenvalue weighted by Crippen LogP contribution is -2.47. The van der Waals surface area contributed by atoms with E-state index in [9.17, 15) is 14.4 Å². The topological polar surface area (TPSA) is 85.6 Å². The average molecular weight is 310 g/mol. The number of amides is 1. The minimum atomic E-state index is -0.515. The second-order valence-corrected chi connectivity index (χ2v) is 5.56. The number of nitrogens with zero attached hydrogens (tertiary/aromatic N) is 3. The van der Waals surface area contributed by atoms with Gasteiger partial charge in [-0.25, -0.2) is 4.79 Å². The van der Waals surface area contributed by atoms with Gasteiger partial charge in [-0.05, 0) is 6.92 Å². The van der Waals surface area contributed by atoms with Crippen molar-refractivity contribution in [3.63, 3.8) is 0 Å². The van der Waals surface area contributed by atoms with E-state index in [2.05, 4.69) is 10.2 Å². The van der Waals surface area contributed by atoms with Crippen molar-refractivity contribution < 1.29 is 9.53 Å². The molecule has 1 aromatic heterocycles. The van der Waals surface area contributed by atoms with Crippen LogP contribution in [0.3, 0.4) is 0 Å². The number of ether oxygens (including phenoxy) is 1. The van der Waals surface area contributed by atoms with E-state index in [4.69, 9.17) is 4.74 Å². The smallest absolute Gasteiger partial charge is 0.331 e. The lowest BCUT2D eigenvalue weighted by molar-refractivity contribution is 0.0342. The van der Waals surface area contributed by atoms with Gasteiger partial charge in [0.15, 0.2) is 0 Å². The van der Waals surface area contributed by atoms with Crippen molar-refractivity contribution >= 4 is 5.91 Å². The van der Waals surface area contributed by atoms with Gasteiger partial charge in [0.1, 0.15) is 5.69 Å². The van der Waals surface area contributed by atoms with Gasteiger partial charge in [-0.15, -0.1) is 0 Å². The van der Waals surface area contributed by atoms with Gasteiger partial charge < -0.3 is 10.1 Å². The van der Waals surface area contributed by atoms with Crippen LogP contribution < -0.4 is 16.6 Å². The Bertz CT molecular complexity index is 658. The van der Waals surface area contributed by atoms with E-state index in [0.29, 0.717) is 19.8 Å². The fourth-order valence-corrected chi connectivity index (χ4v) is 2.47. The van der Waals surface area contributed by atoms with Crippen LogP contribution in [0.4, 0.5) is 0 Å². The van der Waals surface area contributed by atoms with Crippen LogP contribution in [0.1, 0.15) is 17.4 Å². The minimum absolute atomic E-state index is 0.0712. The maximum atomic E-state index is 12.3. The van der Waals surface area contributed by atoms with E-state index in [1.807, 2.05) is 6.92 Å². The van der Waals surface area contributed by atoms with Crippen molar-refractivity contribution in [3.05, 3.63) is 32.6 Å². The third-order valence-corrected chi connectivity index (χ3v) is 3.77. The third kappa shape index (κ3) is 3.63. The molecular weight excluding hydrogens is 288 g/mol. The zero-order valence-electron chi connectivity index (χ0n) is 13.2. The third-order valence-electron chi connectivity index (χ3n) is 3.77. The summed E-state index contributed by atoms with van der Waals surface area (Å²) in [6.07, 6.45) is 0. The van der Waals surface area contributed by atoms with Crippen molar-refractivity contribution in [1.29, 1.82) is 0 Å². The molecule has 2 rings (SSSR count). The van der Waals surface area contributed by atoms with E-state index in [0.717, 1.165) is 17.7 Å². The number of nitrogens with one attached hydrogen (secondary N) is 1. The van der Waals surface area contributed by atoms with Gasteiger partial charge in [0.05, 0.1) is 13.2 Å². The highest BCUT2D eigenvalue weighted by Gasteiger charge is 2.18. The Hall–Kier alpha value is -1.93. The first-order valence-corrected chi connectivity index (χ1v) is 7.28. The van der Waals surface area contributed by atoms with Gasteiger partial charge in [0.25, 0.3) is 11.5 Å². The van der Waals surface area contributed by atoms with E-state index < -0.39 is 17.2 Å². The molecule has 1 saturated heterocycles. The zero-order chi connectivity index (χ0) is 16.3. The molecule has 8 nitrogen and oxygen atoms in total. The second kappa shape index (κ2) is 6.89. The SMILES string of the molecule is C[C@H](CN1CCOCC1)NC(=O)c1cc(=O)n(C)c(=O)n1C. The highest BCUT2D eigenvalue weighted by atomic mass is 16.5. The normalized spacial score (nSPS) is 17.2. The van der Waals surface area contributed by atoms with Crippen molar-refractivity contribution in [2.24, 2.45) is 14.1 Å². The molecule has 1 aromatic rings. The molecule has 0 bridgehead atoms. The molecule has 1 N–H and O–H groups in total. The number of carbonyl (C=O) groups is 1. The fourth-order valence-electron chi connectivity index (χ4n) is 2.47. The molecule has 0 spiro atoms. The maximum Gasteiger partial charge on any atom is 0.331 e. The Morgan fingerprint density at radius 3 is 2.55 bits per heavy atom. The maximum absolute atomic E-state index is 12.3. The molecule has 122 valence electrons.